The summed E-state index contributed by atoms with van der Waals surface area (Å²) in [5, 5.41) is 8.24. The van der Waals surface area contributed by atoms with E-state index in [1.807, 2.05) is 6.07 Å². The minimum atomic E-state index is -4.51. The summed E-state index contributed by atoms with van der Waals surface area (Å²) in [4.78, 5) is 24.0. The van der Waals surface area contributed by atoms with E-state index in [1.54, 1.807) is 23.1 Å². The van der Waals surface area contributed by atoms with Gasteiger partial charge in [-0.1, -0.05) is 12.1 Å². The number of halogens is 3. The molecule has 0 unspecified atom stereocenters. The lowest BCUT2D eigenvalue weighted by Crippen LogP contribution is -2.39. The van der Waals surface area contributed by atoms with E-state index in [0.717, 1.165) is 12.8 Å². The van der Waals surface area contributed by atoms with Crippen molar-refractivity contribution >= 4 is 5.91 Å². The highest BCUT2D eigenvalue weighted by atomic mass is 19.4. The quantitative estimate of drug-likeness (QED) is 0.633. The predicted molar refractivity (Wildman–Crippen MR) is 100 cm³/mol. The summed E-state index contributed by atoms with van der Waals surface area (Å²) in [6.07, 6.45) is 1.74. The monoisotopic (exact) mass is 430 g/mol. The molecule has 2 aliphatic heterocycles. The molecule has 8 nitrogen and oxygen atoms in total. The molecule has 2 aromatic heterocycles. The molecule has 2 saturated heterocycles. The minimum Gasteiger partial charge on any atom is -0.458 e. The van der Waals surface area contributed by atoms with Crippen LogP contribution in [-0.2, 0) is 6.18 Å². The number of carbonyl (C=O) groups excluding carboxylic acids is 1. The lowest BCUT2D eigenvalue weighted by Gasteiger charge is -2.25. The Balaban J connectivity index is 1.36. The summed E-state index contributed by atoms with van der Waals surface area (Å²) in [6.45, 7) is 0. The Morgan fingerprint density at radius 2 is 1.77 bits per heavy atom. The zero-order chi connectivity index (χ0) is 21.6. The summed E-state index contributed by atoms with van der Waals surface area (Å²) in [5.74, 6) is -0.153. The maximum absolute atomic E-state index is 13.4. The molecule has 0 N–H and O–H groups in total. The molecule has 5 rings (SSSR count). The molecule has 1 aromatic carbocycles. The SMILES string of the molecule is O=C(c1ccccc1-n1nccn1)N1[C@@H]2CC[C@H]1[C@H](Oc1ncc(C(F)(F)F)cn1)C2. The molecule has 0 radical (unpaired) electrons. The van der Waals surface area contributed by atoms with Crippen molar-refractivity contribution < 1.29 is 22.7 Å². The average Bonchev–Trinajstić information content (AvgIpc) is 3.50. The number of amides is 1. The van der Waals surface area contributed by atoms with Gasteiger partial charge in [-0.2, -0.15) is 28.2 Å². The number of nitrogens with zero attached hydrogens (tertiary/aromatic N) is 6. The van der Waals surface area contributed by atoms with Crippen molar-refractivity contribution in [3.8, 4) is 11.7 Å². The number of carbonyl (C=O) groups is 1. The highest BCUT2D eigenvalue weighted by molar-refractivity contribution is 5.98. The Morgan fingerprint density at radius 3 is 2.48 bits per heavy atom. The third-order valence-corrected chi connectivity index (χ3v) is 5.70. The highest BCUT2D eigenvalue weighted by Gasteiger charge is 2.50. The van der Waals surface area contributed by atoms with Crippen LogP contribution in [0.2, 0.25) is 0 Å². The molecule has 2 fully saturated rings. The molecule has 1 amide bonds. The van der Waals surface area contributed by atoms with Crippen LogP contribution in [0.25, 0.3) is 5.69 Å². The first-order chi connectivity index (χ1) is 14.9. The normalized spacial score (nSPS) is 22.7. The van der Waals surface area contributed by atoms with Crippen LogP contribution in [0.5, 0.6) is 6.01 Å². The van der Waals surface area contributed by atoms with Gasteiger partial charge in [0.15, 0.2) is 0 Å². The number of benzene rings is 1. The van der Waals surface area contributed by atoms with E-state index in [0.29, 0.717) is 30.1 Å². The van der Waals surface area contributed by atoms with Gasteiger partial charge in [-0.25, -0.2) is 9.97 Å². The number of para-hydroxylation sites is 1. The van der Waals surface area contributed by atoms with Gasteiger partial charge in [0.05, 0.1) is 35.2 Å². The average molecular weight is 430 g/mol. The summed E-state index contributed by atoms with van der Waals surface area (Å²) in [7, 11) is 0. The van der Waals surface area contributed by atoms with Crippen LogP contribution in [0.4, 0.5) is 13.2 Å². The van der Waals surface area contributed by atoms with E-state index in [9.17, 15) is 18.0 Å². The first kappa shape index (κ1) is 19.5. The van der Waals surface area contributed by atoms with E-state index in [4.69, 9.17) is 4.74 Å². The zero-order valence-electron chi connectivity index (χ0n) is 16.1. The van der Waals surface area contributed by atoms with Crippen LogP contribution in [-0.4, -0.2) is 54.0 Å². The Labute approximate surface area is 174 Å². The molecule has 160 valence electrons. The van der Waals surface area contributed by atoms with Crippen molar-refractivity contribution in [3.05, 3.63) is 60.2 Å². The van der Waals surface area contributed by atoms with E-state index < -0.39 is 11.7 Å². The molecular formula is C20H17F3N6O2. The number of rotatable bonds is 4. The van der Waals surface area contributed by atoms with E-state index >= 15 is 0 Å². The van der Waals surface area contributed by atoms with Crippen molar-refractivity contribution in [1.82, 2.24) is 29.9 Å². The fraction of sp³-hybridized carbons (Fsp3) is 0.350. The van der Waals surface area contributed by atoms with Gasteiger partial charge in [0, 0.05) is 24.9 Å². The van der Waals surface area contributed by atoms with Crippen molar-refractivity contribution in [2.75, 3.05) is 0 Å². The van der Waals surface area contributed by atoms with Gasteiger partial charge in [0.25, 0.3) is 5.91 Å². The van der Waals surface area contributed by atoms with Crippen molar-refractivity contribution in [3.63, 3.8) is 0 Å². The second-order valence-corrected chi connectivity index (χ2v) is 7.49. The van der Waals surface area contributed by atoms with Gasteiger partial charge in [0.1, 0.15) is 6.10 Å². The van der Waals surface area contributed by atoms with E-state index in [-0.39, 0.29) is 30.1 Å². The molecular weight excluding hydrogens is 413 g/mol. The predicted octanol–water partition coefficient (Wildman–Crippen LogP) is 2.90. The van der Waals surface area contributed by atoms with Gasteiger partial charge in [-0.05, 0) is 25.0 Å². The molecule has 31 heavy (non-hydrogen) atoms. The fourth-order valence-electron chi connectivity index (χ4n) is 4.34. The Morgan fingerprint density at radius 1 is 1.06 bits per heavy atom. The summed E-state index contributed by atoms with van der Waals surface area (Å²) in [6, 6.07) is 6.74. The van der Waals surface area contributed by atoms with E-state index in [1.165, 1.54) is 17.2 Å². The fourth-order valence-corrected chi connectivity index (χ4v) is 4.34. The van der Waals surface area contributed by atoms with Gasteiger partial charge in [-0.15, -0.1) is 0 Å². The molecule has 2 bridgehead atoms. The summed E-state index contributed by atoms with van der Waals surface area (Å²) in [5.41, 5.74) is 0.114. The first-order valence-corrected chi connectivity index (χ1v) is 9.76. The maximum atomic E-state index is 13.4. The number of hydrogen-bond donors (Lipinski definition) is 0. The summed E-state index contributed by atoms with van der Waals surface area (Å²) < 4.78 is 43.9. The van der Waals surface area contributed by atoms with Crippen molar-refractivity contribution in [2.45, 2.75) is 43.6 Å². The number of ether oxygens (including phenoxy) is 1. The number of alkyl halides is 3. The molecule has 2 aliphatic rings. The van der Waals surface area contributed by atoms with Crippen LogP contribution in [0.15, 0.2) is 49.1 Å². The third kappa shape index (κ3) is 3.49. The largest absolute Gasteiger partial charge is 0.458 e. The second-order valence-electron chi connectivity index (χ2n) is 7.49. The molecule has 0 spiro atoms. The van der Waals surface area contributed by atoms with Crippen molar-refractivity contribution in [2.24, 2.45) is 0 Å². The van der Waals surface area contributed by atoms with Crippen LogP contribution in [0, 0.1) is 0 Å². The Hall–Kier alpha value is -3.50. The molecule has 11 heteroatoms. The highest BCUT2D eigenvalue weighted by Crippen LogP contribution is 2.40. The molecule has 3 atom stereocenters. The number of fused-ring (bicyclic) bond motifs is 2. The topological polar surface area (TPSA) is 86.0 Å². The third-order valence-electron chi connectivity index (χ3n) is 5.70. The summed E-state index contributed by atoms with van der Waals surface area (Å²) >= 11 is 0. The molecule has 4 heterocycles. The maximum Gasteiger partial charge on any atom is 0.419 e. The van der Waals surface area contributed by atoms with Gasteiger partial charge >= 0.3 is 12.2 Å². The minimum absolute atomic E-state index is 0.0180. The molecule has 3 aromatic rings. The van der Waals surface area contributed by atoms with Crippen molar-refractivity contribution in [1.29, 1.82) is 0 Å². The Bertz CT molecular complexity index is 1090. The molecule has 0 aliphatic carbocycles. The van der Waals surface area contributed by atoms with Crippen LogP contribution in [0.1, 0.15) is 35.2 Å². The smallest absolute Gasteiger partial charge is 0.419 e. The van der Waals surface area contributed by atoms with Gasteiger partial charge in [-0.3, -0.25) is 4.79 Å². The van der Waals surface area contributed by atoms with Gasteiger partial charge in [0.2, 0.25) is 0 Å². The Kier molecular flexibility index (Phi) is 4.60. The number of hydrogen-bond acceptors (Lipinski definition) is 6. The first-order valence-electron chi connectivity index (χ1n) is 9.76. The lowest BCUT2D eigenvalue weighted by atomic mass is 9.98. The second kappa shape index (κ2) is 7.33. The van der Waals surface area contributed by atoms with Crippen LogP contribution in [0.3, 0.4) is 0 Å². The van der Waals surface area contributed by atoms with Crippen LogP contribution >= 0.6 is 0 Å². The van der Waals surface area contributed by atoms with E-state index in [2.05, 4.69) is 20.2 Å². The lowest BCUT2D eigenvalue weighted by molar-refractivity contribution is -0.138. The molecule has 0 saturated carbocycles. The zero-order valence-corrected chi connectivity index (χ0v) is 16.1. The standard InChI is InChI=1S/C20H17F3N6O2/c21-20(22,23)12-10-24-19(25-11-12)31-17-9-13-5-6-16(17)28(13)18(30)14-3-1-2-4-15(14)29-26-7-8-27-29/h1-4,7-8,10-11,13,16-17H,5-6,9H2/t13-,16+,17-/m1/s1. The van der Waals surface area contributed by atoms with Gasteiger partial charge < -0.3 is 9.64 Å². The number of aromatic nitrogens is 5. The van der Waals surface area contributed by atoms with Crippen LogP contribution < -0.4 is 4.74 Å².